The molecule has 1 aromatic rings. The summed E-state index contributed by atoms with van der Waals surface area (Å²) in [6.45, 7) is 5.75. The summed E-state index contributed by atoms with van der Waals surface area (Å²) in [4.78, 5) is 2.65. The molecular formula is C14H20BrN. The molecule has 0 bridgehead atoms. The van der Waals surface area contributed by atoms with Crippen molar-refractivity contribution in [2.24, 2.45) is 0 Å². The van der Waals surface area contributed by atoms with Crippen LogP contribution in [0.2, 0.25) is 0 Å². The Kier molecular flexibility index (Phi) is 4.04. The molecule has 1 aliphatic heterocycles. The van der Waals surface area contributed by atoms with Crippen molar-refractivity contribution in [2.45, 2.75) is 51.7 Å². The lowest BCUT2D eigenvalue weighted by Crippen LogP contribution is -2.33. The van der Waals surface area contributed by atoms with Gasteiger partial charge in [-0.3, -0.25) is 4.90 Å². The first-order valence-electron chi connectivity index (χ1n) is 6.21. The van der Waals surface area contributed by atoms with Crippen LogP contribution >= 0.6 is 15.9 Å². The Hall–Kier alpha value is -0.340. The molecule has 2 atom stereocenters. The van der Waals surface area contributed by atoms with Crippen LogP contribution < -0.4 is 0 Å². The van der Waals surface area contributed by atoms with Gasteiger partial charge in [0.15, 0.2) is 0 Å². The van der Waals surface area contributed by atoms with Crippen LogP contribution in [0.25, 0.3) is 0 Å². The molecule has 2 heteroatoms. The maximum Gasteiger partial charge on any atom is 0.0239 e. The SMILES string of the molecule is CCC1CCC(C)N1Cc1cccc(Br)c1. The van der Waals surface area contributed by atoms with E-state index in [2.05, 4.69) is 58.9 Å². The fourth-order valence-electron chi connectivity index (χ4n) is 2.69. The highest BCUT2D eigenvalue weighted by atomic mass is 79.9. The Balaban J connectivity index is 2.08. The first kappa shape index (κ1) is 12.1. The van der Waals surface area contributed by atoms with E-state index in [0.29, 0.717) is 0 Å². The minimum atomic E-state index is 0.740. The van der Waals surface area contributed by atoms with Gasteiger partial charge in [-0.25, -0.2) is 0 Å². The van der Waals surface area contributed by atoms with Crippen molar-refractivity contribution in [1.29, 1.82) is 0 Å². The molecule has 0 radical (unpaired) electrons. The van der Waals surface area contributed by atoms with Crippen LogP contribution in [0.1, 0.15) is 38.7 Å². The maximum atomic E-state index is 3.54. The van der Waals surface area contributed by atoms with Crippen LogP contribution in [0, 0.1) is 0 Å². The normalized spacial score (nSPS) is 26.2. The second kappa shape index (κ2) is 5.33. The van der Waals surface area contributed by atoms with Crippen molar-refractivity contribution in [1.82, 2.24) is 4.90 Å². The molecule has 0 aliphatic carbocycles. The topological polar surface area (TPSA) is 3.24 Å². The predicted octanol–water partition coefficient (Wildman–Crippen LogP) is 4.21. The smallest absolute Gasteiger partial charge is 0.0239 e. The number of hydrogen-bond acceptors (Lipinski definition) is 1. The van der Waals surface area contributed by atoms with E-state index in [9.17, 15) is 0 Å². The highest BCUT2D eigenvalue weighted by Crippen LogP contribution is 2.28. The number of hydrogen-bond donors (Lipinski definition) is 0. The van der Waals surface area contributed by atoms with Gasteiger partial charge in [-0.15, -0.1) is 0 Å². The van der Waals surface area contributed by atoms with Gasteiger partial charge in [0.1, 0.15) is 0 Å². The van der Waals surface area contributed by atoms with Gasteiger partial charge in [-0.2, -0.15) is 0 Å². The van der Waals surface area contributed by atoms with Gasteiger partial charge in [0, 0.05) is 23.1 Å². The zero-order valence-corrected chi connectivity index (χ0v) is 11.7. The first-order valence-corrected chi connectivity index (χ1v) is 7.00. The lowest BCUT2D eigenvalue weighted by Gasteiger charge is -2.27. The molecular weight excluding hydrogens is 262 g/mol. The van der Waals surface area contributed by atoms with E-state index in [0.717, 1.165) is 18.6 Å². The van der Waals surface area contributed by atoms with Gasteiger partial charge in [0.05, 0.1) is 0 Å². The summed E-state index contributed by atoms with van der Waals surface area (Å²) in [6, 6.07) is 10.2. The van der Waals surface area contributed by atoms with Crippen molar-refractivity contribution in [2.75, 3.05) is 0 Å². The van der Waals surface area contributed by atoms with Gasteiger partial charge >= 0.3 is 0 Å². The van der Waals surface area contributed by atoms with Gasteiger partial charge in [-0.05, 0) is 43.9 Å². The number of rotatable bonds is 3. The zero-order valence-electron chi connectivity index (χ0n) is 10.1. The monoisotopic (exact) mass is 281 g/mol. The van der Waals surface area contributed by atoms with Crippen molar-refractivity contribution in [3.8, 4) is 0 Å². The van der Waals surface area contributed by atoms with E-state index in [4.69, 9.17) is 0 Å². The van der Waals surface area contributed by atoms with E-state index >= 15 is 0 Å². The van der Waals surface area contributed by atoms with E-state index in [1.54, 1.807) is 0 Å². The van der Waals surface area contributed by atoms with Crippen LogP contribution in [0.5, 0.6) is 0 Å². The van der Waals surface area contributed by atoms with E-state index < -0.39 is 0 Å². The molecule has 0 aromatic heterocycles. The van der Waals surface area contributed by atoms with Crippen molar-refractivity contribution < 1.29 is 0 Å². The van der Waals surface area contributed by atoms with Crippen molar-refractivity contribution in [3.63, 3.8) is 0 Å². The summed E-state index contributed by atoms with van der Waals surface area (Å²) in [5, 5.41) is 0. The minimum Gasteiger partial charge on any atom is -0.293 e. The predicted molar refractivity (Wildman–Crippen MR) is 72.5 cm³/mol. The van der Waals surface area contributed by atoms with E-state index in [1.807, 2.05) is 0 Å². The largest absolute Gasteiger partial charge is 0.293 e. The zero-order chi connectivity index (χ0) is 11.5. The van der Waals surface area contributed by atoms with Crippen LogP contribution in [0.4, 0.5) is 0 Å². The van der Waals surface area contributed by atoms with Gasteiger partial charge in [-0.1, -0.05) is 35.0 Å². The third-order valence-corrected chi connectivity index (χ3v) is 4.17. The third-order valence-electron chi connectivity index (χ3n) is 3.68. The Morgan fingerprint density at radius 1 is 1.38 bits per heavy atom. The van der Waals surface area contributed by atoms with Crippen LogP contribution in [-0.4, -0.2) is 17.0 Å². The molecule has 1 aromatic carbocycles. The number of nitrogens with zero attached hydrogens (tertiary/aromatic N) is 1. The number of benzene rings is 1. The Labute approximate surface area is 107 Å². The molecule has 0 N–H and O–H groups in total. The quantitative estimate of drug-likeness (QED) is 0.802. The fourth-order valence-corrected chi connectivity index (χ4v) is 3.14. The molecule has 0 amide bonds. The Morgan fingerprint density at radius 3 is 2.88 bits per heavy atom. The first-order chi connectivity index (χ1) is 7.70. The summed E-state index contributed by atoms with van der Waals surface area (Å²) >= 11 is 3.54. The minimum absolute atomic E-state index is 0.740. The third kappa shape index (κ3) is 2.67. The van der Waals surface area contributed by atoms with Crippen molar-refractivity contribution >= 4 is 15.9 Å². The van der Waals surface area contributed by atoms with Gasteiger partial charge in [0.2, 0.25) is 0 Å². The number of halogens is 1. The summed E-state index contributed by atoms with van der Waals surface area (Å²) in [5.41, 5.74) is 1.42. The fraction of sp³-hybridized carbons (Fsp3) is 0.571. The molecule has 1 fully saturated rings. The van der Waals surface area contributed by atoms with Crippen LogP contribution in [-0.2, 0) is 6.54 Å². The molecule has 2 rings (SSSR count). The average Bonchev–Trinajstić information content (AvgIpc) is 2.60. The highest BCUT2D eigenvalue weighted by molar-refractivity contribution is 9.10. The van der Waals surface area contributed by atoms with Gasteiger partial charge < -0.3 is 0 Å². The average molecular weight is 282 g/mol. The number of likely N-dealkylation sites (tertiary alicyclic amines) is 1. The van der Waals surface area contributed by atoms with Crippen LogP contribution in [0.15, 0.2) is 28.7 Å². The van der Waals surface area contributed by atoms with Crippen LogP contribution in [0.3, 0.4) is 0 Å². The molecule has 1 aliphatic rings. The lowest BCUT2D eigenvalue weighted by molar-refractivity contribution is 0.189. The maximum absolute atomic E-state index is 3.54. The molecule has 1 heterocycles. The second-order valence-corrected chi connectivity index (χ2v) is 5.71. The molecule has 0 spiro atoms. The summed E-state index contributed by atoms with van der Waals surface area (Å²) in [5.74, 6) is 0. The van der Waals surface area contributed by atoms with E-state index in [1.165, 1.54) is 29.3 Å². The lowest BCUT2D eigenvalue weighted by atomic mass is 10.1. The standard InChI is InChI=1S/C14H20BrN/c1-3-14-8-7-11(2)16(14)10-12-5-4-6-13(15)9-12/h4-6,9,11,14H,3,7-8,10H2,1-2H3. The van der Waals surface area contributed by atoms with Gasteiger partial charge in [0.25, 0.3) is 0 Å². The Bertz CT molecular complexity index is 350. The molecule has 88 valence electrons. The molecule has 0 saturated carbocycles. The summed E-state index contributed by atoms with van der Waals surface area (Å²) in [6.07, 6.45) is 4.00. The summed E-state index contributed by atoms with van der Waals surface area (Å²) in [7, 11) is 0. The molecule has 1 nitrogen and oxygen atoms in total. The second-order valence-electron chi connectivity index (χ2n) is 4.79. The van der Waals surface area contributed by atoms with Crippen molar-refractivity contribution in [3.05, 3.63) is 34.3 Å². The highest BCUT2D eigenvalue weighted by Gasteiger charge is 2.28. The molecule has 2 unspecified atom stereocenters. The van der Waals surface area contributed by atoms with E-state index in [-0.39, 0.29) is 0 Å². The Morgan fingerprint density at radius 2 is 2.19 bits per heavy atom. The molecule has 16 heavy (non-hydrogen) atoms. The summed E-state index contributed by atoms with van der Waals surface area (Å²) < 4.78 is 1.19. The molecule has 1 saturated heterocycles.